The third kappa shape index (κ3) is 4.27. The van der Waals surface area contributed by atoms with Crippen molar-refractivity contribution in [3.05, 3.63) is 51.2 Å². The number of benzene rings is 1. The number of methoxy groups -OCH3 is 1. The van der Waals surface area contributed by atoms with Crippen molar-refractivity contribution in [2.75, 3.05) is 13.7 Å². The van der Waals surface area contributed by atoms with Crippen LogP contribution in [-0.2, 0) is 19.1 Å². The smallest absolute Gasteiger partial charge is 0.336 e. The Hall–Kier alpha value is -3.03. The lowest BCUT2D eigenvalue weighted by Gasteiger charge is -2.31. The van der Waals surface area contributed by atoms with Crippen molar-refractivity contribution in [3.8, 4) is 0 Å². The van der Waals surface area contributed by atoms with E-state index in [1.165, 1.54) is 19.2 Å². The molecule has 0 radical (unpaired) electrons. The summed E-state index contributed by atoms with van der Waals surface area (Å²) >= 11 is 0. The predicted molar refractivity (Wildman–Crippen MR) is 103 cm³/mol. The Morgan fingerprint density at radius 3 is 2.46 bits per heavy atom. The number of hydrogen-bond acceptors (Lipinski definition) is 7. The lowest BCUT2D eigenvalue weighted by atomic mass is 9.75. The minimum atomic E-state index is -0.962. The molecule has 28 heavy (non-hydrogen) atoms. The summed E-state index contributed by atoms with van der Waals surface area (Å²) in [6, 6.07) is 6.05. The average Bonchev–Trinajstić information content (AvgIpc) is 2.64. The number of allylic oxidation sites excluding steroid dienone is 1. The number of carbonyl (C=O) groups is 2. The summed E-state index contributed by atoms with van der Waals surface area (Å²) in [6.45, 7) is 7.25. The molecule has 8 heteroatoms. The Morgan fingerprint density at radius 1 is 1.25 bits per heavy atom. The third-order valence-corrected chi connectivity index (χ3v) is 4.52. The van der Waals surface area contributed by atoms with Crippen molar-refractivity contribution in [2.24, 2.45) is 16.8 Å². The minimum absolute atomic E-state index is 0.111. The summed E-state index contributed by atoms with van der Waals surface area (Å²) in [4.78, 5) is 40.8. The molecule has 8 nitrogen and oxygen atoms in total. The second-order valence-electron chi connectivity index (χ2n) is 7.04. The van der Waals surface area contributed by atoms with Gasteiger partial charge in [-0.3, -0.25) is 19.9 Å². The number of nitro benzene ring substituents is 1. The molecule has 0 aliphatic carbocycles. The van der Waals surface area contributed by atoms with Crippen molar-refractivity contribution < 1.29 is 24.0 Å². The first-order valence-electron chi connectivity index (χ1n) is 8.93. The molecule has 0 saturated carbocycles. The van der Waals surface area contributed by atoms with Crippen LogP contribution in [0.4, 0.5) is 5.69 Å². The first-order chi connectivity index (χ1) is 13.2. The molecule has 1 aromatic carbocycles. The number of nitro groups is 1. The number of hydrogen-bond donors (Lipinski definition) is 0. The molecule has 1 unspecified atom stereocenters. The van der Waals surface area contributed by atoms with Gasteiger partial charge in [0.25, 0.3) is 5.69 Å². The van der Waals surface area contributed by atoms with E-state index in [1.807, 2.05) is 13.8 Å². The molecule has 0 saturated heterocycles. The van der Waals surface area contributed by atoms with Crippen molar-refractivity contribution >= 4 is 23.3 Å². The molecule has 1 aliphatic rings. The molecule has 0 amide bonds. The lowest BCUT2D eigenvalue weighted by molar-refractivity contribution is -0.385. The molecule has 1 heterocycles. The Morgan fingerprint density at radius 2 is 1.89 bits per heavy atom. The first-order valence-corrected chi connectivity index (χ1v) is 8.93. The van der Waals surface area contributed by atoms with E-state index in [2.05, 4.69) is 4.99 Å². The lowest BCUT2D eigenvalue weighted by Crippen LogP contribution is -2.36. The van der Waals surface area contributed by atoms with Gasteiger partial charge in [-0.2, -0.15) is 0 Å². The van der Waals surface area contributed by atoms with Crippen LogP contribution in [0.15, 0.2) is 40.5 Å². The number of carbonyl (C=O) groups excluding carboxylic acids is 2. The minimum Gasteiger partial charge on any atom is -0.468 e. The average molecular weight is 388 g/mol. The van der Waals surface area contributed by atoms with Crippen LogP contribution in [0.3, 0.4) is 0 Å². The monoisotopic (exact) mass is 388 g/mol. The van der Waals surface area contributed by atoms with Crippen molar-refractivity contribution in [2.45, 2.75) is 33.6 Å². The highest BCUT2D eigenvalue weighted by molar-refractivity contribution is 6.07. The van der Waals surface area contributed by atoms with Crippen molar-refractivity contribution in [3.63, 3.8) is 0 Å². The van der Waals surface area contributed by atoms with Gasteiger partial charge in [0.2, 0.25) is 0 Å². The molecule has 1 aliphatic heterocycles. The molecule has 1 aromatic rings. The Labute approximate surface area is 163 Å². The maximum Gasteiger partial charge on any atom is 0.336 e. The van der Waals surface area contributed by atoms with E-state index >= 15 is 0 Å². The van der Waals surface area contributed by atoms with Gasteiger partial charge in [0, 0.05) is 29.0 Å². The van der Waals surface area contributed by atoms with Gasteiger partial charge in [-0.25, -0.2) is 4.79 Å². The number of rotatable bonds is 6. The second-order valence-corrected chi connectivity index (χ2v) is 7.04. The number of para-hydroxylation sites is 1. The zero-order valence-corrected chi connectivity index (χ0v) is 16.6. The Bertz CT molecular complexity index is 856. The number of esters is 2. The SMILES string of the molecule is COC(=O)C1C(C)=NC(C)=C(C(=O)OCC(C)C)[C@@H]1c1ccccc1[N+](=O)[O-]. The van der Waals surface area contributed by atoms with E-state index in [0.717, 1.165) is 0 Å². The van der Waals surface area contributed by atoms with Gasteiger partial charge in [-0.1, -0.05) is 32.0 Å². The second kappa shape index (κ2) is 8.77. The Balaban J connectivity index is 2.68. The van der Waals surface area contributed by atoms with Crippen LogP contribution in [0.1, 0.15) is 39.2 Å². The standard InChI is InChI=1S/C20H24N2O6/c1-11(2)10-28-20(24)17-13(4)21-12(3)16(19(23)27-5)18(17)14-8-6-7-9-15(14)22(25)26/h6-9,11,16,18H,10H2,1-5H3/t16?,18-/m1/s1. The van der Waals surface area contributed by atoms with Gasteiger partial charge in [-0.05, 0) is 19.8 Å². The van der Waals surface area contributed by atoms with Crippen molar-refractivity contribution in [1.29, 1.82) is 0 Å². The van der Waals surface area contributed by atoms with Gasteiger partial charge in [0.1, 0.15) is 5.92 Å². The van der Waals surface area contributed by atoms with E-state index in [-0.39, 0.29) is 29.3 Å². The van der Waals surface area contributed by atoms with Crippen LogP contribution in [0.25, 0.3) is 0 Å². The van der Waals surface area contributed by atoms with Crippen LogP contribution in [0.2, 0.25) is 0 Å². The van der Waals surface area contributed by atoms with Crippen LogP contribution in [-0.4, -0.2) is 36.3 Å². The van der Waals surface area contributed by atoms with Crippen LogP contribution >= 0.6 is 0 Å². The first kappa shape index (κ1) is 21.3. The van der Waals surface area contributed by atoms with E-state index in [1.54, 1.807) is 26.0 Å². The highest BCUT2D eigenvalue weighted by atomic mass is 16.6. The normalized spacial score (nSPS) is 19.3. The summed E-state index contributed by atoms with van der Waals surface area (Å²) in [5.41, 5.74) is 0.990. The number of nitrogens with zero attached hydrogens (tertiary/aromatic N) is 2. The summed E-state index contributed by atoms with van der Waals surface area (Å²) in [6.07, 6.45) is 0. The summed E-state index contributed by atoms with van der Waals surface area (Å²) in [5, 5.41) is 11.6. The molecular weight excluding hydrogens is 364 g/mol. The van der Waals surface area contributed by atoms with Gasteiger partial charge in [0.15, 0.2) is 0 Å². The summed E-state index contributed by atoms with van der Waals surface area (Å²) < 4.78 is 10.3. The van der Waals surface area contributed by atoms with Gasteiger partial charge in [0.05, 0.1) is 24.2 Å². The zero-order valence-electron chi connectivity index (χ0n) is 16.6. The molecule has 150 valence electrons. The van der Waals surface area contributed by atoms with Crippen LogP contribution < -0.4 is 0 Å². The van der Waals surface area contributed by atoms with E-state index in [9.17, 15) is 19.7 Å². The number of aliphatic imine (C=N–C) groups is 1. The van der Waals surface area contributed by atoms with Crippen molar-refractivity contribution in [1.82, 2.24) is 0 Å². The van der Waals surface area contributed by atoms with E-state index < -0.39 is 28.7 Å². The van der Waals surface area contributed by atoms with Crippen LogP contribution in [0.5, 0.6) is 0 Å². The molecular formula is C20H24N2O6. The maximum atomic E-state index is 12.9. The topological polar surface area (TPSA) is 108 Å². The van der Waals surface area contributed by atoms with Gasteiger partial charge in [-0.15, -0.1) is 0 Å². The third-order valence-electron chi connectivity index (χ3n) is 4.52. The molecule has 2 rings (SSSR count). The summed E-state index contributed by atoms with van der Waals surface area (Å²) in [7, 11) is 1.23. The fraction of sp³-hybridized carbons (Fsp3) is 0.450. The fourth-order valence-corrected chi connectivity index (χ4v) is 3.31. The van der Waals surface area contributed by atoms with Gasteiger partial charge < -0.3 is 9.47 Å². The maximum absolute atomic E-state index is 12.9. The number of ether oxygens (including phenoxy) is 2. The van der Waals surface area contributed by atoms with Crippen LogP contribution in [0, 0.1) is 22.0 Å². The predicted octanol–water partition coefficient (Wildman–Crippen LogP) is 3.42. The zero-order chi connectivity index (χ0) is 21.0. The fourth-order valence-electron chi connectivity index (χ4n) is 3.31. The molecule has 0 N–H and O–H groups in total. The quantitative estimate of drug-likeness (QED) is 0.420. The van der Waals surface area contributed by atoms with E-state index in [0.29, 0.717) is 11.4 Å². The molecule has 2 atom stereocenters. The molecule has 0 aromatic heterocycles. The van der Waals surface area contributed by atoms with E-state index in [4.69, 9.17) is 9.47 Å². The van der Waals surface area contributed by atoms with Gasteiger partial charge >= 0.3 is 11.9 Å². The summed E-state index contributed by atoms with van der Waals surface area (Å²) in [5.74, 6) is -3.03. The molecule has 0 spiro atoms. The largest absolute Gasteiger partial charge is 0.468 e. The molecule has 0 fully saturated rings. The Kier molecular flexibility index (Phi) is 6.66. The highest BCUT2D eigenvalue weighted by Crippen LogP contribution is 2.43. The molecule has 0 bridgehead atoms. The highest BCUT2D eigenvalue weighted by Gasteiger charge is 2.44.